The Morgan fingerprint density at radius 3 is 2.56 bits per heavy atom. The largest absolute Gasteiger partial charge is 0.378 e. The van der Waals surface area contributed by atoms with Crippen molar-refractivity contribution in [3.05, 3.63) is 70.8 Å². The zero-order valence-corrected chi connectivity index (χ0v) is 19.7. The minimum absolute atomic E-state index is 0.0436. The van der Waals surface area contributed by atoms with Crippen LogP contribution in [-0.4, -0.2) is 52.8 Å². The van der Waals surface area contributed by atoms with Crippen LogP contribution in [0.1, 0.15) is 18.1 Å². The standard InChI is InChI=1S/C26H25N3O4S/c1-2-18-7-6-10-21-19(16-28(24(18)21)17-23(30)27-11-13-33-14-12-27)15-22-25(31)29(26(32)34-22)20-8-4-3-5-9-20/h3-10,15-16H,2,11-14,17H2,1H3/b22-15-. The van der Waals surface area contributed by atoms with Crippen LogP contribution in [0, 0.1) is 0 Å². The SMILES string of the molecule is CCc1cccc2c(/C=C3\SC(=O)N(c4ccccc4)C3=O)cn(CC(=O)N3CCOCC3)c12. The van der Waals surface area contributed by atoms with Crippen molar-refractivity contribution in [3.8, 4) is 0 Å². The second-order valence-corrected chi connectivity index (χ2v) is 9.22. The van der Waals surface area contributed by atoms with Gasteiger partial charge in [-0.1, -0.05) is 43.3 Å². The minimum Gasteiger partial charge on any atom is -0.378 e. The number of nitrogens with zero attached hydrogens (tertiary/aromatic N) is 3. The topological polar surface area (TPSA) is 71.9 Å². The molecular formula is C26H25N3O4S. The van der Waals surface area contributed by atoms with Gasteiger partial charge < -0.3 is 14.2 Å². The molecule has 2 aliphatic heterocycles. The number of fused-ring (bicyclic) bond motifs is 1. The summed E-state index contributed by atoms with van der Waals surface area (Å²) in [4.78, 5) is 42.1. The Morgan fingerprint density at radius 2 is 1.82 bits per heavy atom. The highest BCUT2D eigenvalue weighted by molar-refractivity contribution is 8.19. The van der Waals surface area contributed by atoms with Crippen molar-refractivity contribution in [1.82, 2.24) is 9.47 Å². The first-order valence-corrected chi connectivity index (χ1v) is 12.2. The molecular weight excluding hydrogens is 450 g/mol. The Labute approximate surface area is 202 Å². The molecule has 174 valence electrons. The number of thioether (sulfide) groups is 1. The molecule has 0 aliphatic carbocycles. The van der Waals surface area contributed by atoms with Crippen LogP contribution in [0.4, 0.5) is 10.5 Å². The van der Waals surface area contributed by atoms with Gasteiger partial charge in [0, 0.05) is 30.2 Å². The highest BCUT2D eigenvalue weighted by atomic mass is 32.2. The zero-order valence-electron chi connectivity index (χ0n) is 18.9. The maximum atomic E-state index is 13.1. The van der Waals surface area contributed by atoms with Crippen molar-refractivity contribution >= 4 is 51.5 Å². The summed E-state index contributed by atoms with van der Waals surface area (Å²) in [6.45, 7) is 4.60. The number of carbonyl (C=O) groups is 3. The van der Waals surface area contributed by atoms with Gasteiger partial charge in [0.25, 0.3) is 11.1 Å². The third-order valence-corrected chi connectivity index (χ3v) is 7.03. The van der Waals surface area contributed by atoms with Gasteiger partial charge >= 0.3 is 0 Å². The van der Waals surface area contributed by atoms with Crippen LogP contribution >= 0.6 is 11.8 Å². The first-order valence-electron chi connectivity index (χ1n) is 11.4. The van der Waals surface area contributed by atoms with Gasteiger partial charge in [0.1, 0.15) is 6.54 Å². The van der Waals surface area contributed by atoms with Crippen LogP contribution in [0.3, 0.4) is 0 Å². The van der Waals surface area contributed by atoms with E-state index in [1.165, 1.54) is 4.90 Å². The third kappa shape index (κ3) is 4.15. The number of ether oxygens (including phenoxy) is 1. The molecule has 7 nitrogen and oxygen atoms in total. The minimum atomic E-state index is -0.335. The van der Waals surface area contributed by atoms with Gasteiger partial charge in [0.05, 0.1) is 29.3 Å². The van der Waals surface area contributed by atoms with Crippen molar-refractivity contribution in [2.24, 2.45) is 0 Å². The molecule has 0 bridgehead atoms. The lowest BCUT2D eigenvalue weighted by Crippen LogP contribution is -2.42. The highest BCUT2D eigenvalue weighted by Crippen LogP contribution is 2.37. The van der Waals surface area contributed by atoms with E-state index in [1.807, 2.05) is 33.9 Å². The molecule has 0 unspecified atom stereocenters. The average Bonchev–Trinajstić information content (AvgIpc) is 3.36. The van der Waals surface area contributed by atoms with Crippen LogP contribution in [0.25, 0.3) is 17.0 Å². The van der Waals surface area contributed by atoms with E-state index < -0.39 is 0 Å². The summed E-state index contributed by atoms with van der Waals surface area (Å²) < 4.78 is 7.34. The Kier molecular flexibility index (Phi) is 6.26. The van der Waals surface area contributed by atoms with E-state index in [1.54, 1.807) is 30.3 Å². The van der Waals surface area contributed by atoms with Crippen LogP contribution in [-0.2, 0) is 27.3 Å². The first-order chi connectivity index (χ1) is 16.6. The molecule has 3 amide bonds. The third-order valence-electron chi connectivity index (χ3n) is 6.16. The van der Waals surface area contributed by atoms with E-state index in [4.69, 9.17) is 4.74 Å². The highest BCUT2D eigenvalue weighted by Gasteiger charge is 2.36. The summed E-state index contributed by atoms with van der Waals surface area (Å²) in [7, 11) is 0. The Bertz CT molecular complexity index is 1290. The molecule has 2 aliphatic rings. The average molecular weight is 476 g/mol. The lowest BCUT2D eigenvalue weighted by atomic mass is 10.1. The number of hydrogen-bond donors (Lipinski definition) is 0. The number of imide groups is 1. The number of carbonyl (C=O) groups excluding carboxylic acids is 3. The number of para-hydroxylation sites is 2. The van der Waals surface area contributed by atoms with E-state index >= 15 is 0 Å². The van der Waals surface area contributed by atoms with Crippen molar-refractivity contribution in [1.29, 1.82) is 0 Å². The monoisotopic (exact) mass is 475 g/mol. The molecule has 0 saturated carbocycles. The van der Waals surface area contributed by atoms with Crippen LogP contribution in [0.5, 0.6) is 0 Å². The normalized spacial score (nSPS) is 17.9. The van der Waals surface area contributed by atoms with E-state index in [0.29, 0.717) is 36.9 Å². The molecule has 0 atom stereocenters. The molecule has 5 rings (SSSR count). The number of aryl methyl sites for hydroxylation is 1. The number of aromatic nitrogens is 1. The van der Waals surface area contributed by atoms with Crippen molar-refractivity contribution in [2.45, 2.75) is 19.9 Å². The van der Waals surface area contributed by atoms with Gasteiger partial charge in [-0.05, 0) is 42.0 Å². The quantitative estimate of drug-likeness (QED) is 0.515. The van der Waals surface area contributed by atoms with Gasteiger partial charge in [-0.3, -0.25) is 14.4 Å². The number of hydrogen-bond acceptors (Lipinski definition) is 5. The Morgan fingerprint density at radius 1 is 1.06 bits per heavy atom. The second kappa shape index (κ2) is 9.48. The molecule has 0 N–H and O–H groups in total. The van der Waals surface area contributed by atoms with Gasteiger partial charge in [-0.25, -0.2) is 4.90 Å². The van der Waals surface area contributed by atoms with Crippen LogP contribution in [0.15, 0.2) is 59.6 Å². The number of anilines is 1. The zero-order chi connectivity index (χ0) is 23.7. The van der Waals surface area contributed by atoms with Crippen molar-refractivity contribution in [3.63, 3.8) is 0 Å². The molecule has 3 heterocycles. The maximum Gasteiger partial charge on any atom is 0.298 e. The summed E-state index contributed by atoms with van der Waals surface area (Å²) in [6.07, 6.45) is 4.50. The Hall–Kier alpha value is -3.36. The molecule has 1 aromatic heterocycles. The van der Waals surface area contributed by atoms with Gasteiger partial charge in [0.15, 0.2) is 0 Å². The molecule has 0 spiro atoms. The summed E-state index contributed by atoms with van der Waals surface area (Å²) >= 11 is 0.936. The lowest BCUT2D eigenvalue weighted by molar-refractivity contribution is -0.135. The molecule has 2 aromatic carbocycles. The van der Waals surface area contributed by atoms with E-state index in [0.717, 1.165) is 40.2 Å². The number of morpholine rings is 1. The second-order valence-electron chi connectivity index (χ2n) is 8.23. The molecule has 34 heavy (non-hydrogen) atoms. The van der Waals surface area contributed by atoms with Crippen molar-refractivity contribution < 1.29 is 19.1 Å². The summed E-state index contributed by atoms with van der Waals surface area (Å²) in [6, 6.07) is 15.0. The predicted molar refractivity (Wildman–Crippen MR) is 134 cm³/mol. The molecule has 8 heteroatoms. The van der Waals surface area contributed by atoms with Gasteiger partial charge in [-0.15, -0.1) is 0 Å². The van der Waals surface area contributed by atoms with E-state index in [-0.39, 0.29) is 23.6 Å². The summed E-state index contributed by atoms with van der Waals surface area (Å²) in [5.41, 5.74) is 3.49. The Balaban J connectivity index is 1.51. The fraction of sp³-hybridized carbons (Fsp3) is 0.269. The number of amides is 3. The van der Waals surface area contributed by atoms with Crippen LogP contribution < -0.4 is 4.90 Å². The number of benzene rings is 2. The van der Waals surface area contributed by atoms with E-state index in [2.05, 4.69) is 13.0 Å². The molecule has 2 saturated heterocycles. The fourth-order valence-electron chi connectivity index (χ4n) is 4.46. The van der Waals surface area contributed by atoms with E-state index in [9.17, 15) is 14.4 Å². The summed E-state index contributed by atoms with van der Waals surface area (Å²) in [5.74, 6) is -0.291. The fourth-order valence-corrected chi connectivity index (χ4v) is 5.29. The smallest absolute Gasteiger partial charge is 0.298 e. The predicted octanol–water partition coefficient (Wildman–Crippen LogP) is 4.30. The number of rotatable bonds is 5. The molecule has 3 aromatic rings. The molecule has 0 radical (unpaired) electrons. The first kappa shape index (κ1) is 22.4. The maximum absolute atomic E-state index is 13.1. The molecule has 2 fully saturated rings. The van der Waals surface area contributed by atoms with Crippen molar-refractivity contribution in [2.75, 3.05) is 31.2 Å². The van der Waals surface area contributed by atoms with Gasteiger partial charge in [0.2, 0.25) is 5.91 Å². The van der Waals surface area contributed by atoms with Crippen LogP contribution in [0.2, 0.25) is 0 Å². The van der Waals surface area contributed by atoms with Gasteiger partial charge in [-0.2, -0.15) is 0 Å². The lowest BCUT2D eigenvalue weighted by Gasteiger charge is -2.27. The summed E-state index contributed by atoms with van der Waals surface area (Å²) in [5, 5.41) is 0.642.